The fraction of sp³-hybridized carbons (Fsp3) is 0.923. The second kappa shape index (κ2) is 11.3. The summed E-state index contributed by atoms with van der Waals surface area (Å²) in [5.41, 5.74) is 0. The summed E-state index contributed by atoms with van der Waals surface area (Å²) in [7, 11) is 1.74. The van der Waals surface area contributed by atoms with E-state index in [2.05, 4.69) is 18.8 Å². The molecule has 0 spiro atoms. The minimum atomic E-state index is -0.966. The van der Waals surface area contributed by atoms with E-state index in [4.69, 9.17) is 25.8 Å². The van der Waals surface area contributed by atoms with E-state index in [1.54, 1.807) is 18.9 Å². The molecule has 0 radical (unpaired) electrons. The summed E-state index contributed by atoms with van der Waals surface area (Å²) in [4.78, 5) is 19.3. The zero-order chi connectivity index (χ0) is 24.4. The summed E-state index contributed by atoms with van der Waals surface area (Å²) in [6.45, 7) is 6.07. The molecule has 4 aliphatic rings. The van der Waals surface area contributed by atoms with Crippen LogP contribution in [0.4, 0.5) is 4.39 Å². The topological polar surface area (TPSA) is 60.4 Å². The van der Waals surface area contributed by atoms with Crippen LogP contribution in [0, 0.1) is 11.8 Å². The van der Waals surface area contributed by atoms with Crippen LogP contribution in [0.2, 0.25) is 0 Å². The zero-order valence-corrected chi connectivity index (χ0v) is 21.9. The van der Waals surface area contributed by atoms with E-state index in [1.807, 2.05) is 0 Å². The van der Waals surface area contributed by atoms with Crippen LogP contribution >= 0.6 is 11.6 Å². The highest BCUT2D eigenvalue weighted by molar-refractivity contribution is 6.20. The molecule has 0 aromatic rings. The Kier molecular flexibility index (Phi) is 8.66. The molecular weight excluding hydrogens is 459 g/mol. The second-order valence-corrected chi connectivity index (χ2v) is 11.6. The van der Waals surface area contributed by atoms with Crippen LogP contribution < -0.4 is 0 Å². The summed E-state index contributed by atoms with van der Waals surface area (Å²) in [6, 6.07) is -0.175. The third kappa shape index (κ3) is 6.00. The van der Waals surface area contributed by atoms with Crippen molar-refractivity contribution in [2.75, 3.05) is 7.05 Å². The molecule has 8 unspecified atom stereocenters. The average molecular weight is 501 g/mol. The molecule has 194 valence electrons. The van der Waals surface area contributed by atoms with Gasteiger partial charge >= 0.3 is 6.08 Å². The van der Waals surface area contributed by atoms with Crippen molar-refractivity contribution in [1.29, 1.82) is 0 Å². The van der Waals surface area contributed by atoms with E-state index in [0.717, 1.165) is 57.8 Å². The molecule has 0 bridgehead atoms. The molecule has 34 heavy (non-hydrogen) atoms. The van der Waals surface area contributed by atoms with Crippen molar-refractivity contribution in [3.05, 3.63) is 0 Å². The maximum absolute atomic E-state index is 14.8. The largest absolute Gasteiger partial charge is 0.447 e. The quantitative estimate of drug-likeness (QED) is 0.467. The van der Waals surface area contributed by atoms with Crippen LogP contribution in [0.3, 0.4) is 0 Å². The number of nitrogens with zero attached hydrogens (tertiary/aromatic N) is 2. The molecule has 0 saturated heterocycles. The first-order chi connectivity index (χ1) is 16.2. The number of carbonyl (C=O) groups is 1. The third-order valence-corrected chi connectivity index (χ3v) is 8.98. The number of halogens is 2. The molecule has 3 saturated carbocycles. The molecule has 0 N–H and O–H groups in total. The number of amides is 1. The van der Waals surface area contributed by atoms with Crippen LogP contribution in [0.25, 0.3) is 0 Å². The van der Waals surface area contributed by atoms with Crippen LogP contribution in [-0.2, 0) is 19.0 Å². The molecular formula is C26H42ClFN2O4. The van der Waals surface area contributed by atoms with Gasteiger partial charge in [-0.05, 0) is 70.1 Å². The van der Waals surface area contributed by atoms with Gasteiger partial charge in [0.2, 0.25) is 0 Å². The highest BCUT2D eigenvalue weighted by Crippen LogP contribution is 2.36. The minimum absolute atomic E-state index is 0.00849. The van der Waals surface area contributed by atoms with Crippen LogP contribution in [0.1, 0.15) is 85.0 Å². The van der Waals surface area contributed by atoms with Gasteiger partial charge in [-0.25, -0.2) is 9.38 Å². The SMILES string of the molecule is CCC1CC(N(C)C(=O)C(C)OC2CCC(OC3=NC4CCC(Cl)CC4O3)CC2)C(F)CC1C. The minimum Gasteiger partial charge on any atom is -0.447 e. The predicted molar refractivity (Wildman–Crippen MR) is 131 cm³/mol. The molecule has 3 aliphatic carbocycles. The Labute approximate surface area is 208 Å². The summed E-state index contributed by atoms with van der Waals surface area (Å²) < 4.78 is 32.9. The van der Waals surface area contributed by atoms with Crippen molar-refractivity contribution in [2.45, 2.75) is 133 Å². The normalized spacial score (nSPS) is 41.1. The highest BCUT2D eigenvalue weighted by Gasteiger charge is 2.40. The van der Waals surface area contributed by atoms with Gasteiger partial charge < -0.3 is 19.1 Å². The smallest absolute Gasteiger partial charge is 0.384 e. The lowest BCUT2D eigenvalue weighted by Crippen LogP contribution is -2.51. The van der Waals surface area contributed by atoms with Gasteiger partial charge in [-0.2, -0.15) is 0 Å². The van der Waals surface area contributed by atoms with Crippen LogP contribution in [-0.4, -0.2) is 72.0 Å². The lowest BCUT2D eigenvalue weighted by molar-refractivity contribution is -0.152. The number of rotatable bonds is 6. The maximum atomic E-state index is 14.8. The Hall–Kier alpha value is -1.08. The molecule has 1 aliphatic heterocycles. The average Bonchev–Trinajstić information content (AvgIpc) is 3.20. The molecule has 6 nitrogen and oxygen atoms in total. The Morgan fingerprint density at radius 2 is 1.88 bits per heavy atom. The monoisotopic (exact) mass is 500 g/mol. The molecule has 4 rings (SSSR count). The van der Waals surface area contributed by atoms with Gasteiger partial charge in [-0.15, -0.1) is 11.6 Å². The number of ether oxygens (including phenoxy) is 3. The molecule has 0 aromatic heterocycles. The fourth-order valence-electron chi connectivity index (χ4n) is 6.28. The lowest BCUT2D eigenvalue weighted by Gasteiger charge is -2.41. The van der Waals surface area contributed by atoms with E-state index in [-0.39, 0.29) is 41.7 Å². The molecule has 0 aromatic carbocycles. The summed E-state index contributed by atoms with van der Waals surface area (Å²) in [5.74, 6) is 0.713. The fourth-order valence-corrected chi connectivity index (χ4v) is 6.58. The Balaban J connectivity index is 1.20. The van der Waals surface area contributed by atoms with Crippen LogP contribution in [0.15, 0.2) is 4.99 Å². The van der Waals surface area contributed by atoms with E-state index >= 15 is 0 Å². The number of carbonyl (C=O) groups excluding carboxylic acids is 1. The zero-order valence-electron chi connectivity index (χ0n) is 21.1. The number of alkyl halides is 2. The maximum Gasteiger partial charge on any atom is 0.384 e. The predicted octanol–water partition coefficient (Wildman–Crippen LogP) is 5.26. The first-order valence-corrected chi connectivity index (χ1v) is 13.8. The van der Waals surface area contributed by atoms with Crippen molar-refractivity contribution >= 4 is 23.6 Å². The number of hydrogen-bond donors (Lipinski definition) is 0. The second-order valence-electron chi connectivity index (χ2n) is 11.0. The van der Waals surface area contributed by atoms with Gasteiger partial charge in [0.05, 0.1) is 18.2 Å². The number of hydrogen-bond acceptors (Lipinski definition) is 5. The van der Waals surface area contributed by atoms with Crippen molar-refractivity contribution in [1.82, 2.24) is 4.90 Å². The van der Waals surface area contributed by atoms with Gasteiger partial charge in [0.15, 0.2) is 0 Å². The Bertz CT molecular complexity index is 732. The van der Waals surface area contributed by atoms with Gasteiger partial charge in [0.1, 0.15) is 24.5 Å². The molecule has 8 atom stereocenters. The van der Waals surface area contributed by atoms with Crippen molar-refractivity contribution in [3.8, 4) is 0 Å². The Morgan fingerprint density at radius 1 is 1.18 bits per heavy atom. The summed E-state index contributed by atoms with van der Waals surface area (Å²) in [6.07, 6.45) is 7.35. The number of fused-ring (bicyclic) bond motifs is 1. The Morgan fingerprint density at radius 3 is 2.59 bits per heavy atom. The molecule has 1 heterocycles. The van der Waals surface area contributed by atoms with Crippen LogP contribution in [0.5, 0.6) is 0 Å². The number of aliphatic imine (C=N–C) groups is 1. The van der Waals surface area contributed by atoms with E-state index < -0.39 is 12.3 Å². The van der Waals surface area contributed by atoms with E-state index in [9.17, 15) is 9.18 Å². The number of likely N-dealkylation sites (N-methyl/N-ethyl adjacent to an activating group) is 1. The lowest BCUT2D eigenvalue weighted by atomic mass is 9.75. The van der Waals surface area contributed by atoms with Crippen molar-refractivity contribution < 1.29 is 23.4 Å². The molecule has 8 heteroatoms. The van der Waals surface area contributed by atoms with Crippen molar-refractivity contribution in [2.24, 2.45) is 16.8 Å². The van der Waals surface area contributed by atoms with Gasteiger partial charge in [0, 0.05) is 18.8 Å². The first-order valence-electron chi connectivity index (χ1n) is 13.4. The van der Waals surface area contributed by atoms with Gasteiger partial charge in [-0.3, -0.25) is 4.79 Å². The standard InChI is InChI=1S/C26H42ClFN2O4/c1-5-17-13-23(21(28)12-15(17)2)30(4)25(31)16(3)32-19-7-9-20(10-8-19)33-26-29-22-11-6-18(27)14-24(22)34-26/h15-24H,5-14H2,1-4H3. The highest BCUT2D eigenvalue weighted by atomic mass is 35.5. The van der Waals surface area contributed by atoms with Crippen molar-refractivity contribution in [3.63, 3.8) is 0 Å². The third-order valence-electron chi connectivity index (χ3n) is 8.58. The first kappa shape index (κ1) is 26.0. The van der Waals surface area contributed by atoms with Gasteiger partial charge in [0.25, 0.3) is 5.91 Å². The molecule has 1 amide bonds. The van der Waals surface area contributed by atoms with Gasteiger partial charge in [-0.1, -0.05) is 20.3 Å². The van der Waals surface area contributed by atoms with E-state index in [0.29, 0.717) is 24.3 Å². The summed E-state index contributed by atoms with van der Waals surface area (Å²) >= 11 is 6.26. The molecule has 3 fully saturated rings. The van der Waals surface area contributed by atoms with E-state index in [1.165, 1.54) is 0 Å². The summed E-state index contributed by atoms with van der Waals surface area (Å²) in [5, 5.41) is 0.165.